The van der Waals surface area contributed by atoms with Crippen molar-refractivity contribution >= 4 is 5.97 Å². The molecule has 0 aromatic heterocycles. The number of carboxylic acid groups (broad SMARTS) is 1. The van der Waals surface area contributed by atoms with Crippen LogP contribution in [0, 0.1) is 0 Å². The normalized spacial score (nSPS) is 14.5. The molecule has 4 nitrogen and oxygen atoms in total. The van der Waals surface area contributed by atoms with Crippen LogP contribution in [-0.4, -0.2) is 41.7 Å². The van der Waals surface area contributed by atoms with Crippen LogP contribution in [0.3, 0.4) is 0 Å². The fraction of sp³-hybridized carbons (Fsp3) is 0.562. The number of nitrogens with zero attached hydrogens (tertiary/aromatic N) is 1. The van der Waals surface area contributed by atoms with E-state index in [9.17, 15) is 4.79 Å². The minimum atomic E-state index is -0.807. The van der Waals surface area contributed by atoms with Crippen LogP contribution in [0.5, 0.6) is 5.75 Å². The topological polar surface area (TPSA) is 49.8 Å². The zero-order valence-corrected chi connectivity index (χ0v) is 12.0. The smallest absolute Gasteiger partial charge is 0.307 e. The van der Waals surface area contributed by atoms with E-state index in [2.05, 4.69) is 11.8 Å². The summed E-state index contributed by atoms with van der Waals surface area (Å²) >= 11 is 0. The van der Waals surface area contributed by atoms with Gasteiger partial charge in [-0.15, -0.1) is 0 Å². The van der Waals surface area contributed by atoms with Crippen molar-refractivity contribution in [1.82, 2.24) is 4.90 Å². The summed E-state index contributed by atoms with van der Waals surface area (Å²) in [5.41, 5.74) is 0.801. The lowest BCUT2D eigenvalue weighted by atomic mass is 10.1. The van der Waals surface area contributed by atoms with Crippen molar-refractivity contribution in [1.29, 1.82) is 0 Å². The summed E-state index contributed by atoms with van der Waals surface area (Å²) in [6, 6.07) is 8.10. The van der Waals surface area contributed by atoms with Gasteiger partial charge >= 0.3 is 5.97 Å². The average Bonchev–Trinajstić information content (AvgIpc) is 3.23. The molecule has 1 aromatic carbocycles. The van der Waals surface area contributed by atoms with E-state index in [1.807, 2.05) is 24.3 Å². The molecule has 0 spiro atoms. The van der Waals surface area contributed by atoms with E-state index in [1.54, 1.807) is 0 Å². The minimum absolute atomic E-state index is 0.0617. The number of ether oxygens (including phenoxy) is 1. The van der Waals surface area contributed by atoms with Crippen molar-refractivity contribution in [2.75, 3.05) is 19.7 Å². The molecule has 1 N–H and O–H groups in total. The third kappa shape index (κ3) is 4.85. The molecule has 0 heterocycles. The van der Waals surface area contributed by atoms with Gasteiger partial charge in [0.25, 0.3) is 0 Å². The summed E-state index contributed by atoms with van der Waals surface area (Å²) in [7, 11) is 0. The number of hydrogen-bond acceptors (Lipinski definition) is 3. The summed E-state index contributed by atoms with van der Waals surface area (Å²) < 4.78 is 5.73. The average molecular weight is 277 g/mol. The molecule has 0 atom stereocenters. The van der Waals surface area contributed by atoms with Crippen LogP contribution in [0.2, 0.25) is 0 Å². The predicted molar refractivity (Wildman–Crippen MR) is 78.2 cm³/mol. The Balaban J connectivity index is 1.74. The molecular weight excluding hydrogens is 254 g/mol. The summed E-state index contributed by atoms with van der Waals surface area (Å²) in [4.78, 5) is 13.1. The van der Waals surface area contributed by atoms with Gasteiger partial charge in [-0.05, 0) is 43.5 Å². The van der Waals surface area contributed by atoms with Crippen LogP contribution < -0.4 is 4.74 Å². The van der Waals surface area contributed by atoms with Crippen LogP contribution in [0.15, 0.2) is 24.3 Å². The maximum absolute atomic E-state index is 10.6. The molecule has 0 unspecified atom stereocenters. The lowest BCUT2D eigenvalue weighted by Crippen LogP contribution is -2.31. The Labute approximate surface area is 120 Å². The highest BCUT2D eigenvalue weighted by atomic mass is 16.5. The maximum Gasteiger partial charge on any atom is 0.307 e. The fourth-order valence-corrected chi connectivity index (χ4v) is 2.36. The molecule has 110 valence electrons. The van der Waals surface area contributed by atoms with Gasteiger partial charge in [0.1, 0.15) is 12.4 Å². The molecule has 0 aliphatic heterocycles. The molecule has 4 heteroatoms. The van der Waals surface area contributed by atoms with Gasteiger partial charge in [-0.2, -0.15) is 0 Å². The van der Waals surface area contributed by atoms with Crippen LogP contribution in [-0.2, 0) is 11.2 Å². The molecule has 0 saturated heterocycles. The molecule has 1 aliphatic carbocycles. The van der Waals surface area contributed by atoms with E-state index in [-0.39, 0.29) is 6.42 Å². The lowest BCUT2D eigenvalue weighted by Gasteiger charge is -2.21. The van der Waals surface area contributed by atoms with Gasteiger partial charge in [-0.1, -0.05) is 19.1 Å². The number of carboxylic acids is 1. The Hall–Kier alpha value is -1.55. The van der Waals surface area contributed by atoms with Crippen LogP contribution in [0.25, 0.3) is 0 Å². The quantitative estimate of drug-likeness (QED) is 0.753. The van der Waals surface area contributed by atoms with Gasteiger partial charge in [0, 0.05) is 12.6 Å². The second-order valence-corrected chi connectivity index (χ2v) is 5.33. The molecule has 2 rings (SSSR count). The highest BCUT2D eigenvalue weighted by Gasteiger charge is 2.27. The van der Waals surface area contributed by atoms with E-state index in [4.69, 9.17) is 9.84 Å². The van der Waals surface area contributed by atoms with Crippen LogP contribution in [0.1, 0.15) is 31.7 Å². The summed E-state index contributed by atoms with van der Waals surface area (Å²) in [6.07, 6.45) is 3.89. The Bertz CT molecular complexity index is 426. The number of hydrogen-bond donors (Lipinski definition) is 1. The summed E-state index contributed by atoms with van der Waals surface area (Å²) in [5, 5.41) is 8.71. The van der Waals surface area contributed by atoms with Gasteiger partial charge in [-0.3, -0.25) is 9.69 Å². The first-order valence-electron chi connectivity index (χ1n) is 7.36. The largest absolute Gasteiger partial charge is 0.492 e. The number of rotatable bonds is 9. The van der Waals surface area contributed by atoms with Crippen molar-refractivity contribution in [3.8, 4) is 5.75 Å². The van der Waals surface area contributed by atoms with E-state index in [0.29, 0.717) is 6.61 Å². The van der Waals surface area contributed by atoms with E-state index in [1.165, 1.54) is 19.3 Å². The Kier molecular flexibility index (Phi) is 5.41. The number of benzene rings is 1. The first kappa shape index (κ1) is 14.9. The predicted octanol–water partition coefficient (Wildman–Crippen LogP) is 2.57. The highest BCUT2D eigenvalue weighted by Crippen LogP contribution is 2.26. The van der Waals surface area contributed by atoms with Gasteiger partial charge in [0.05, 0.1) is 6.42 Å². The fourth-order valence-electron chi connectivity index (χ4n) is 2.36. The molecule has 1 aromatic rings. The van der Waals surface area contributed by atoms with E-state index in [0.717, 1.165) is 30.4 Å². The maximum atomic E-state index is 10.6. The molecule has 1 saturated carbocycles. The second kappa shape index (κ2) is 7.29. The summed E-state index contributed by atoms with van der Waals surface area (Å²) in [6.45, 7) is 5.01. The monoisotopic (exact) mass is 277 g/mol. The van der Waals surface area contributed by atoms with Crippen molar-refractivity contribution in [3.05, 3.63) is 29.8 Å². The van der Waals surface area contributed by atoms with Crippen molar-refractivity contribution in [2.45, 2.75) is 38.6 Å². The Morgan fingerprint density at radius 1 is 1.30 bits per heavy atom. The standard InChI is InChI=1S/C16H23NO3/c1-2-9-17(14-5-6-14)10-11-20-15-7-3-13(4-8-15)12-16(18)19/h3-4,7-8,14H,2,5-6,9-12H2,1H3,(H,18,19). The zero-order valence-electron chi connectivity index (χ0n) is 12.0. The minimum Gasteiger partial charge on any atom is -0.492 e. The lowest BCUT2D eigenvalue weighted by molar-refractivity contribution is -0.136. The Morgan fingerprint density at radius 3 is 2.55 bits per heavy atom. The molecular formula is C16H23NO3. The Morgan fingerprint density at radius 2 is 2.00 bits per heavy atom. The van der Waals surface area contributed by atoms with Crippen molar-refractivity contribution in [3.63, 3.8) is 0 Å². The third-order valence-corrected chi connectivity index (χ3v) is 3.50. The zero-order chi connectivity index (χ0) is 14.4. The van der Waals surface area contributed by atoms with E-state index >= 15 is 0 Å². The first-order valence-corrected chi connectivity index (χ1v) is 7.36. The van der Waals surface area contributed by atoms with Gasteiger partial charge in [0.15, 0.2) is 0 Å². The molecule has 1 fully saturated rings. The van der Waals surface area contributed by atoms with E-state index < -0.39 is 5.97 Å². The van der Waals surface area contributed by atoms with Gasteiger partial charge < -0.3 is 9.84 Å². The third-order valence-electron chi connectivity index (χ3n) is 3.50. The van der Waals surface area contributed by atoms with Gasteiger partial charge in [-0.25, -0.2) is 0 Å². The second-order valence-electron chi connectivity index (χ2n) is 5.33. The van der Waals surface area contributed by atoms with Gasteiger partial charge in [0.2, 0.25) is 0 Å². The SMILES string of the molecule is CCCN(CCOc1ccc(CC(=O)O)cc1)C1CC1. The number of carbonyl (C=O) groups is 1. The molecule has 1 aliphatic rings. The van der Waals surface area contributed by atoms with Crippen molar-refractivity contribution in [2.24, 2.45) is 0 Å². The first-order chi connectivity index (χ1) is 9.69. The molecule has 20 heavy (non-hydrogen) atoms. The molecule has 0 bridgehead atoms. The number of aliphatic carboxylic acids is 1. The molecule has 0 amide bonds. The van der Waals surface area contributed by atoms with Crippen LogP contribution in [0.4, 0.5) is 0 Å². The van der Waals surface area contributed by atoms with Crippen molar-refractivity contribution < 1.29 is 14.6 Å². The van der Waals surface area contributed by atoms with Crippen LogP contribution >= 0.6 is 0 Å². The molecule has 0 radical (unpaired) electrons. The summed E-state index contributed by atoms with van der Waals surface area (Å²) in [5.74, 6) is 0.00435. The highest BCUT2D eigenvalue weighted by molar-refractivity contribution is 5.70.